The third-order valence-electron chi connectivity index (χ3n) is 5.45. The molecule has 0 saturated carbocycles. The van der Waals surface area contributed by atoms with Crippen LogP contribution in [0.1, 0.15) is 55.4 Å². The molecule has 0 spiro atoms. The van der Waals surface area contributed by atoms with E-state index in [1.165, 1.54) is 4.90 Å². The molecule has 3 N–H and O–H groups in total. The van der Waals surface area contributed by atoms with Gasteiger partial charge in [-0.3, -0.25) is 14.5 Å². The van der Waals surface area contributed by atoms with Crippen LogP contribution in [0.15, 0.2) is 30.6 Å². The van der Waals surface area contributed by atoms with Crippen LogP contribution in [0.2, 0.25) is 0 Å². The zero-order valence-corrected chi connectivity index (χ0v) is 19.4. The molecule has 1 saturated heterocycles. The number of rotatable bonds is 6. The van der Waals surface area contributed by atoms with Crippen LogP contribution < -0.4 is 5.73 Å². The molecule has 0 bridgehead atoms. The molecule has 2 amide bonds. The summed E-state index contributed by atoms with van der Waals surface area (Å²) in [6, 6.07) is 4.18. The Kier molecular flexibility index (Phi) is 7.12. The highest BCUT2D eigenvalue weighted by Gasteiger charge is 2.42. The number of likely N-dealkylation sites (tertiary alicyclic amines) is 1. The number of hydrogen-bond donors (Lipinski definition) is 2. The Balaban J connectivity index is 1.79. The number of ketones is 1. The minimum Gasteiger partial charge on any atom is -0.444 e. The van der Waals surface area contributed by atoms with Gasteiger partial charge in [0.15, 0.2) is 5.78 Å². The second-order valence-electron chi connectivity index (χ2n) is 9.20. The van der Waals surface area contributed by atoms with E-state index in [0.717, 1.165) is 11.1 Å². The standard InChI is InChI=1S/C24H30N4O5/c1-14-26-12-17(13-27-14)15-5-7-18(22(25)31)16(11-15)6-8-19(29)21-20(30)9-10-28(21)23(32)33-24(2,3)4/h5,7,11-13,20-21,30H,6,8-10H2,1-4H3,(H2,25,31)/t20-,21-/m1/s1. The highest BCUT2D eigenvalue weighted by molar-refractivity contribution is 5.95. The fourth-order valence-electron chi connectivity index (χ4n) is 3.86. The average molecular weight is 455 g/mol. The van der Waals surface area contributed by atoms with Crippen LogP contribution in [-0.2, 0) is 16.0 Å². The number of aliphatic hydroxyl groups excluding tert-OH is 1. The van der Waals surface area contributed by atoms with Gasteiger partial charge in [0.05, 0.1) is 6.10 Å². The Labute approximate surface area is 193 Å². The lowest BCUT2D eigenvalue weighted by Gasteiger charge is -2.28. The number of aromatic nitrogens is 2. The molecule has 2 atom stereocenters. The lowest BCUT2D eigenvalue weighted by atomic mass is 9.94. The Morgan fingerprint density at radius 2 is 1.85 bits per heavy atom. The number of amides is 2. The van der Waals surface area contributed by atoms with Gasteiger partial charge in [0.1, 0.15) is 17.5 Å². The van der Waals surface area contributed by atoms with Crippen molar-refractivity contribution in [3.63, 3.8) is 0 Å². The van der Waals surface area contributed by atoms with Crippen LogP contribution in [0.5, 0.6) is 0 Å². The SMILES string of the molecule is Cc1ncc(-c2ccc(C(N)=O)c(CCC(=O)[C@@H]3[C@H](O)CCN3C(=O)OC(C)(C)C)c2)cn1. The van der Waals surface area contributed by atoms with Crippen molar-refractivity contribution in [3.8, 4) is 11.1 Å². The third kappa shape index (κ3) is 5.92. The summed E-state index contributed by atoms with van der Waals surface area (Å²) in [6.45, 7) is 7.25. The molecule has 9 heteroatoms. The first-order valence-electron chi connectivity index (χ1n) is 10.9. The summed E-state index contributed by atoms with van der Waals surface area (Å²) in [5.74, 6) is -0.256. The Hall–Kier alpha value is -3.33. The molecule has 1 aromatic heterocycles. The second-order valence-corrected chi connectivity index (χ2v) is 9.20. The van der Waals surface area contributed by atoms with Gasteiger partial charge in [0.25, 0.3) is 0 Å². The highest BCUT2D eigenvalue weighted by atomic mass is 16.6. The molecule has 9 nitrogen and oxygen atoms in total. The summed E-state index contributed by atoms with van der Waals surface area (Å²) in [6.07, 6.45) is 2.32. The normalized spacial score (nSPS) is 18.3. The topological polar surface area (TPSA) is 136 Å². The molecule has 2 heterocycles. The van der Waals surface area contributed by atoms with Crippen LogP contribution in [0.4, 0.5) is 4.79 Å². The van der Waals surface area contributed by atoms with Crippen molar-refractivity contribution >= 4 is 17.8 Å². The first-order chi connectivity index (χ1) is 15.5. The van der Waals surface area contributed by atoms with Crippen molar-refractivity contribution in [3.05, 3.63) is 47.5 Å². The molecular weight excluding hydrogens is 424 g/mol. The Bertz CT molecular complexity index is 1050. The van der Waals surface area contributed by atoms with Crippen molar-refractivity contribution in [2.75, 3.05) is 6.54 Å². The zero-order chi connectivity index (χ0) is 24.3. The van der Waals surface area contributed by atoms with Crippen LogP contribution in [0, 0.1) is 6.92 Å². The molecule has 3 rings (SSSR count). The number of Topliss-reactive ketones (excluding diaryl/α,β-unsaturated/α-hetero) is 1. The monoisotopic (exact) mass is 454 g/mol. The van der Waals surface area contributed by atoms with Crippen molar-refractivity contribution in [2.24, 2.45) is 5.73 Å². The summed E-state index contributed by atoms with van der Waals surface area (Å²) in [5.41, 5.74) is 7.30. The van der Waals surface area contributed by atoms with E-state index < -0.39 is 29.7 Å². The first kappa shape index (κ1) is 24.3. The number of aliphatic hydroxyl groups is 1. The molecule has 1 aliphatic rings. The van der Waals surface area contributed by atoms with Gasteiger partial charge in [0, 0.05) is 36.5 Å². The minimum absolute atomic E-state index is 0.0230. The van der Waals surface area contributed by atoms with Gasteiger partial charge in [-0.2, -0.15) is 0 Å². The smallest absolute Gasteiger partial charge is 0.410 e. The van der Waals surface area contributed by atoms with Crippen molar-refractivity contribution < 1.29 is 24.2 Å². The van der Waals surface area contributed by atoms with Gasteiger partial charge in [-0.15, -0.1) is 0 Å². The van der Waals surface area contributed by atoms with Crippen LogP contribution in [-0.4, -0.2) is 62.0 Å². The molecule has 1 aromatic carbocycles. The lowest BCUT2D eigenvalue weighted by Crippen LogP contribution is -2.47. The van der Waals surface area contributed by atoms with E-state index in [-0.39, 0.29) is 25.2 Å². The molecule has 33 heavy (non-hydrogen) atoms. The largest absolute Gasteiger partial charge is 0.444 e. The molecular formula is C24H30N4O5. The van der Waals surface area contributed by atoms with Crippen LogP contribution >= 0.6 is 0 Å². The fraction of sp³-hybridized carbons (Fsp3) is 0.458. The van der Waals surface area contributed by atoms with E-state index in [1.807, 2.05) is 0 Å². The number of ether oxygens (including phenoxy) is 1. The molecule has 1 aliphatic heterocycles. The summed E-state index contributed by atoms with van der Waals surface area (Å²) in [4.78, 5) is 47.2. The molecule has 0 radical (unpaired) electrons. The summed E-state index contributed by atoms with van der Waals surface area (Å²) in [5, 5.41) is 10.4. The van der Waals surface area contributed by atoms with Crippen LogP contribution in [0.25, 0.3) is 11.1 Å². The number of carbonyl (C=O) groups is 3. The summed E-state index contributed by atoms with van der Waals surface area (Å²) in [7, 11) is 0. The number of hydrogen-bond acceptors (Lipinski definition) is 7. The minimum atomic E-state index is -0.981. The molecule has 0 aliphatic carbocycles. The van der Waals surface area contributed by atoms with Crippen molar-refractivity contribution in [1.29, 1.82) is 0 Å². The maximum atomic E-state index is 13.0. The Morgan fingerprint density at radius 3 is 2.45 bits per heavy atom. The number of nitrogens with zero attached hydrogens (tertiary/aromatic N) is 3. The van der Waals surface area contributed by atoms with Crippen LogP contribution in [0.3, 0.4) is 0 Å². The van der Waals surface area contributed by atoms with E-state index in [0.29, 0.717) is 23.4 Å². The number of nitrogens with two attached hydrogens (primary N) is 1. The van der Waals surface area contributed by atoms with Gasteiger partial charge >= 0.3 is 6.09 Å². The molecule has 0 unspecified atom stereocenters. The fourth-order valence-corrected chi connectivity index (χ4v) is 3.86. The lowest BCUT2D eigenvalue weighted by molar-refractivity contribution is -0.125. The van der Waals surface area contributed by atoms with E-state index >= 15 is 0 Å². The van der Waals surface area contributed by atoms with Gasteiger partial charge < -0.3 is 15.6 Å². The zero-order valence-electron chi connectivity index (χ0n) is 19.4. The summed E-state index contributed by atoms with van der Waals surface area (Å²) < 4.78 is 5.39. The summed E-state index contributed by atoms with van der Waals surface area (Å²) >= 11 is 0. The van der Waals surface area contributed by atoms with Gasteiger partial charge in [0.2, 0.25) is 5.91 Å². The Morgan fingerprint density at radius 1 is 1.18 bits per heavy atom. The average Bonchev–Trinajstić information content (AvgIpc) is 3.12. The van der Waals surface area contributed by atoms with Crippen molar-refractivity contribution in [2.45, 2.75) is 64.7 Å². The maximum Gasteiger partial charge on any atom is 0.410 e. The quantitative estimate of drug-likeness (QED) is 0.684. The van der Waals surface area contributed by atoms with E-state index in [4.69, 9.17) is 10.5 Å². The second kappa shape index (κ2) is 9.66. The van der Waals surface area contributed by atoms with E-state index in [2.05, 4.69) is 9.97 Å². The maximum absolute atomic E-state index is 13.0. The van der Waals surface area contributed by atoms with E-state index in [9.17, 15) is 19.5 Å². The number of carbonyl (C=O) groups excluding carboxylic acids is 3. The van der Waals surface area contributed by atoms with Gasteiger partial charge in [-0.05, 0) is 57.7 Å². The predicted octanol–water partition coefficient (Wildman–Crippen LogP) is 2.42. The molecule has 176 valence electrons. The predicted molar refractivity (Wildman–Crippen MR) is 121 cm³/mol. The first-order valence-corrected chi connectivity index (χ1v) is 10.9. The number of aryl methyl sites for hydroxylation is 2. The molecule has 2 aromatic rings. The highest BCUT2D eigenvalue weighted by Crippen LogP contribution is 2.26. The van der Waals surface area contributed by atoms with Gasteiger partial charge in [-0.1, -0.05) is 12.1 Å². The number of benzene rings is 1. The van der Waals surface area contributed by atoms with E-state index in [1.54, 1.807) is 58.3 Å². The molecule has 1 fully saturated rings. The van der Waals surface area contributed by atoms with Crippen molar-refractivity contribution in [1.82, 2.24) is 14.9 Å². The number of primary amides is 1. The third-order valence-corrected chi connectivity index (χ3v) is 5.45. The van der Waals surface area contributed by atoms with Gasteiger partial charge in [-0.25, -0.2) is 14.8 Å².